The molecule has 0 radical (unpaired) electrons. The van der Waals surface area contributed by atoms with Crippen molar-refractivity contribution in [3.05, 3.63) is 52.3 Å². The molecule has 110 valence electrons. The van der Waals surface area contributed by atoms with E-state index in [-0.39, 0.29) is 11.2 Å². The summed E-state index contributed by atoms with van der Waals surface area (Å²) in [5, 5.41) is 0. The fourth-order valence-electron chi connectivity index (χ4n) is 3.71. The molecular formula is C19H23NO. The van der Waals surface area contributed by atoms with E-state index in [2.05, 4.69) is 57.5 Å². The number of hydrogen-bond donors (Lipinski definition) is 0. The molecule has 1 aromatic heterocycles. The number of carbonyl (C=O) groups is 1. The van der Waals surface area contributed by atoms with Crippen LogP contribution in [0, 0.1) is 26.2 Å². The molecule has 1 aliphatic rings. The van der Waals surface area contributed by atoms with Crippen LogP contribution in [-0.2, 0) is 6.42 Å². The molecule has 0 amide bonds. The maximum Gasteiger partial charge on any atom is 0.165 e. The first-order valence-electron chi connectivity index (χ1n) is 7.60. The van der Waals surface area contributed by atoms with Crippen molar-refractivity contribution in [3.63, 3.8) is 0 Å². The summed E-state index contributed by atoms with van der Waals surface area (Å²) in [6, 6.07) is 6.42. The number of fused-ring (bicyclic) bond motifs is 1. The Morgan fingerprint density at radius 1 is 1.05 bits per heavy atom. The van der Waals surface area contributed by atoms with Crippen LogP contribution in [0.2, 0.25) is 0 Å². The first kappa shape index (κ1) is 14.1. The largest absolute Gasteiger partial charge is 0.320 e. The van der Waals surface area contributed by atoms with Crippen LogP contribution in [0.15, 0.2) is 24.4 Å². The highest BCUT2D eigenvalue weighted by Gasteiger charge is 2.33. The molecule has 2 aromatic rings. The summed E-state index contributed by atoms with van der Waals surface area (Å²) in [6.45, 7) is 10.8. The van der Waals surface area contributed by atoms with Gasteiger partial charge >= 0.3 is 0 Å². The molecule has 21 heavy (non-hydrogen) atoms. The minimum Gasteiger partial charge on any atom is -0.320 e. The molecular weight excluding hydrogens is 258 g/mol. The Hall–Kier alpha value is -1.83. The van der Waals surface area contributed by atoms with Gasteiger partial charge in [0.2, 0.25) is 0 Å². The van der Waals surface area contributed by atoms with Crippen LogP contribution in [0.25, 0.3) is 5.69 Å². The smallest absolute Gasteiger partial charge is 0.165 e. The molecule has 2 nitrogen and oxygen atoms in total. The van der Waals surface area contributed by atoms with Gasteiger partial charge in [-0.1, -0.05) is 31.5 Å². The van der Waals surface area contributed by atoms with Crippen molar-refractivity contribution in [2.45, 2.75) is 47.5 Å². The number of Topliss-reactive ketones (excluding diaryl/α,β-unsaturated/α-hetero) is 1. The van der Waals surface area contributed by atoms with Crippen LogP contribution >= 0.6 is 0 Å². The summed E-state index contributed by atoms with van der Waals surface area (Å²) in [5.41, 5.74) is 7.18. The number of ketones is 1. The van der Waals surface area contributed by atoms with Crippen molar-refractivity contribution < 1.29 is 4.79 Å². The standard InChI is InChI=1S/C19H23NO/c1-12-8-13(2)18(14(3)9-12)20-7-6-15-16(20)10-19(4,5)11-17(15)21/h6-9H,10-11H2,1-5H3. The first-order valence-corrected chi connectivity index (χ1v) is 7.60. The molecule has 0 aliphatic heterocycles. The quantitative estimate of drug-likeness (QED) is 0.751. The van der Waals surface area contributed by atoms with Gasteiger partial charge in [0, 0.05) is 23.9 Å². The van der Waals surface area contributed by atoms with Gasteiger partial charge in [0.1, 0.15) is 0 Å². The molecule has 0 N–H and O–H groups in total. The van der Waals surface area contributed by atoms with Crippen molar-refractivity contribution in [1.82, 2.24) is 4.57 Å². The molecule has 0 saturated heterocycles. The third-order valence-corrected chi connectivity index (χ3v) is 4.45. The Kier molecular flexibility index (Phi) is 3.09. The number of nitrogens with zero attached hydrogens (tertiary/aromatic N) is 1. The first-order chi connectivity index (χ1) is 9.78. The molecule has 0 unspecified atom stereocenters. The maximum atomic E-state index is 12.4. The van der Waals surface area contributed by atoms with Gasteiger partial charge in [-0.05, 0) is 49.8 Å². The van der Waals surface area contributed by atoms with Crippen LogP contribution in [-0.4, -0.2) is 10.4 Å². The molecule has 0 bridgehead atoms. The second-order valence-corrected chi connectivity index (χ2v) is 7.23. The molecule has 3 rings (SSSR count). The molecule has 1 heterocycles. The van der Waals surface area contributed by atoms with Crippen molar-refractivity contribution in [2.75, 3.05) is 0 Å². The molecule has 1 aliphatic carbocycles. The highest BCUT2D eigenvalue weighted by molar-refractivity contribution is 5.99. The van der Waals surface area contributed by atoms with E-state index >= 15 is 0 Å². The normalized spacial score (nSPS) is 16.9. The minimum atomic E-state index is 0.0483. The van der Waals surface area contributed by atoms with Crippen LogP contribution in [0.4, 0.5) is 0 Å². The van der Waals surface area contributed by atoms with E-state index < -0.39 is 0 Å². The summed E-state index contributed by atoms with van der Waals surface area (Å²) in [6.07, 6.45) is 3.67. The van der Waals surface area contributed by atoms with E-state index in [1.807, 2.05) is 6.07 Å². The van der Waals surface area contributed by atoms with Crippen LogP contribution in [0.5, 0.6) is 0 Å². The van der Waals surface area contributed by atoms with E-state index in [0.717, 1.165) is 12.0 Å². The maximum absolute atomic E-state index is 12.4. The Morgan fingerprint density at radius 2 is 1.67 bits per heavy atom. The Bertz CT molecular complexity index is 711. The van der Waals surface area contributed by atoms with E-state index in [4.69, 9.17) is 0 Å². The lowest BCUT2D eigenvalue weighted by atomic mass is 9.76. The van der Waals surface area contributed by atoms with Gasteiger partial charge in [-0.3, -0.25) is 4.79 Å². The van der Waals surface area contributed by atoms with Crippen molar-refractivity contribution >= 4 is 5.78 Å². The third-order valence-electron chi connectivity index (χ3n) is 4.45. The van der Waals surface area contributed by atoms with E-state index in [1.165, 1.54) is 28.1 Å². The summed E-state index contributed by atoms with van der Waals surface area (Å²) in [7, 11) is 0. The average molecular weight is 281 g/mol. The van der Waals surface area contributed by atoms with Gasteiger partial charge in [0.15, 0.2) is 5.78 Å². The lowest BCUT2D eigenvalue weighted by molar-refractivity contribution is 0.0911. The summed E-state index contributed by atoms with van der Waals surface area (Å²) < 4.78 is 2.23. The predicted molar refractivity (Wildman–Crippen MR) is 86.4 cm³/mol. The van der Waals surface area contributed by atoms with Gasteiger partial charge in [0.05, 0.1) is 5.69 Å². The fourth-order valence-corrected chi connectivity index (χ4v) is 3.71. The number of rotatable bonds is 1. The van der Waals surface area contributed by atoms with Gasteiger partial charge in [-0.15, -0.1) is 0 Å². The highest BCUT2D eigenvalue weighted by atomic mass is 16.1. The van der Waals surface area contributed by atoms with E-state index in [0.29, 0.717) is 6.42 Å². The SMILES string of the molecule is Cc1cc(C)c(-n2ccc3c2CC(C)(C)CC3=O)c(C)c1. The van der Waals surface area contributed by atoms with Gasteiger partial charge in [-0.25, -0.2) is 0 Å². The average Bonchev–Trinajstić information content (AvgIpc) is 2.70. The molecule has 0 saturated carbocycles. The number of hydrogen-bond acceptors (Lipinski definition) is 1. The van der Waals surface area contributed by atoms with E-state index in [1.54, 1.807) is 0 Å². The lowest BCUT2D eigenvalue weighted by Gasteiger charge is -2.30. The van der Waals surface area contributed by atoms with Gasteiger partial charge in [-0.2, -0.15) is 0 Å². The van der Waals surface area contributed by atoms with Gasteiger partial charge in [0.25, 0.3) is 0 Å². The lowest BCUT2D eigenvalue weighted by Crippen LogP contribution is -2.28. The Morgan fingerprint density at radius 3 is 2.29 bits per heavy atom. The predicted octanol–water partition coefficient (Wildman–Crippen LogP) is 4.56. The Balaban J connectivity index is 2.21. The zero-order valence-electron chi connectivity index (χ0n) is 13.6. The second-order valence-electron chi connectivity index (χ2n) is 7.23. The third kappa shape index (κ3) is 2.33. The second kappa shape index (κ2) is 4.59. The van der Waals surface area contributed by atoms with Crippen molar-refractivity contribution in [1.29, 1.82) is 0 Å². The highest BCUT2D eigenvalue weighted by Crippen LogP contribution is 2.37. The fraction of sp³-hybridized carbons (Fsp3) is 0.421. The summed E-state index contributed by atoms with van der Waals surface area (Å²) in [5.74, 6) is 0.280. The van der Waals surface area contributed by atoms with Crippen molar-refractivity contribution in [2.24, 2.45) is 5.41 Å². The number of benzene rings is 1. The number of aryl methyl sites for hydroxylation is 3. The van der Waals surface area contributed by atoms with Crippen LogP contribution in [0.3, 0.4) is 0 Å². The minimum absolute atomic E-state index is 0.0483. The topological polar surface area (TPSA) is 22.0 Å². The van der Waals surface area contributed by atoms with Crippen molar-refractivity contribution in [3.8, 4) is 5.69 Å². The zero-order chi connectivity index (χ0) is 15.4. The Labute approximate surface area is 126 Å². The molecule has 0 spiro atoms. The molecule has 0 atom stereocenters. The van der Waals surface area contributed by atoms with Gasteiger partial charge < -0.3 is 4.57 Å². The molecule has 0 fully saturated rings. The summed E-state index contributed by atoms with van der Waals surface area (Å²) in [4.78, 5) is 12.4. The molecule has 1 aromatic carbocycles. The monoisotopic (exact) mass is 281 g/mol. The van der Waals surface area contributed by atoms with Crippen LogP contribution in [0.1, 0.15) is 53.0 Å². The number of aromatic nitrogens is 1. The van der Waals surface area contributed by atoms with Crippen LogP contribution < -0.4 is 0 Å². The number of carbonyl (C=O) groups excluding carboxylic acids is 1. The summed E-state index contributed by atoms with van der Waals surface area (Å²) >= 11 is 0. The molecule has 2 heteroatoms. The van der Waals surface area contributed by atoms with E-state index in [9.17, 15) is 4.79 Å². The zero-order valence-corrected chi connectivity index (χ0v) is 13.6.